The third-order valence-electron chi connectivity index (χ3n) is 8.04. The van der Waals surface area contributed by atoms with E-state index in [0.717, 1.165) is 4.91 Å². The van der Waals surface area contributed by atoms with Crippen molar-refractivity contribution in [3.05, 3.63) is 178 Å². The molecule has 48 heavy (non-hydrogen) atoms. The quantitative estimate of drug-likeness (QED) is 0.139. The van der Waals surface area contributed by atoms with Crippen molar-refractivity contribution in [2.45, 2.75) is 53.4 Å². The molecule has 0 fully saturated rings. The zero-order valence-electron chi connectivity index (χ0n) is 29.2. The van der Waals surface area contributed by atoms with Gasteiger partial charge in [-0.2, -0.15) is 12.6 Å². The Labute approximate surface area is 297 Å². The van der Waals surface area contributed by atoms with E-state index in [1.165, 1.54) is 71.2 Å². The average molecular weight is 666 g/mol. The Hall–Kier alpha value is -4.44. The molecule has 0 bridgehead atoms. The summed E-state index contributed by atoms with van der Waals surface area (Å²) in [5.41, 5.74) is 12.6. The van der Waals surface area contributed by atoms with E-state index in [1.54, 1.807) is 11.8 Å². The van der Waals surface area contributed by atoms with Gasteiger partial charge in [-0.1, -0.05) is 153 Å². The van der Waals surface area contributed by atoms with Gasteiger partial charge in [-0.05, 0) is 97.2 Å². The van der Waals surface area contributed by atoms with Crippen molar-refractivity contribution in [1.29, 1.82) is 0 Å². The van der Waals surface area contributed by atoms with Crippen LogP contribution in [0.2, 0.25) is 0 Å². The molecule has 0 saturated carbocycles. The summed E-state index contributed by atoms with van der Waals surface area (Å²) in [6.07, 6.45) is 8.38. The molecule has 1 N–H and O–H groups in total. The molecule has 1 aliphatic heterocycles. The zero-order chi connectivity index (χ0) is 34.5. The van der Waals surface area contributed by atoms with Gasteiger partial charge in [0, 0.05) is 31.6 Å². The number of allylic oxidation sites excluding steroid dienone is 5. The van der Waals surface area contributed by atoms with Crippen LogP contribution >= 0.6 is 24.4 Å². The number of benzene rings is 5. The minimum atomic E-state index is 1.13. The smallest absolute Gasteiger partial charge is 0.0476 e. The van der Waals surface area contributed by atoms with Gasteiger partial charge in [0.15, 0.2) is 0 Å². The summed E-state index contributed by atoms with van der Waals surface area (Å²) in [5.74, 6) is 0. The Morgan fingerprint density at radius 3 is 1.90 bits per heavy atom. The van der Waals surface area contributed by atoms with Gasteiger partial charge in [0.1, 0.15) is 0 Å². The van der Waals surface area contributed by atoms with Gasteiger partial charge in [-0.25, -0.2) is 0 Å². The minimum Gasteiger partial charge on any atom is -0.354 e. The molecule has 0 saturated heterocycles. The molecule has 5 aromatic carbocycles. The number of nitrogens with one attached hydrogen (secondary N) is 1. The molecule has 1 aliphatic rings. The SMILES string of the molecule is C/C=C\C.CC.CC1=C(\c2ccccc2C)c2ccc3[nH]c4ccccc4c3c2SC(=C\S)/C=C\1.Cc1ccc(-c2ccccc2)cc1. The van der Waals surface area contributed by atoms with E-state index in [2.05, 4.69) is 160 Å². The Kier molecular flexibility index (Phi) is 13.8. The summed E-state index contributed by atoms with van der Waals surface area (Å²) in [5, 5.41) is 4.44. The van der Waals surface area contributed by atoms with Crippen LogP contribution in [-0.2, 0) is 0 Å². The standard InChI is InChI=1S/C26H21NS2.C13H12.C4H8.C2H6/c1-16-7-3-4-8-19(16)24-17(2)11-12-18(15-28)29-26-21(24)13-14-23-25(26)20-9-5-6-10-22(20)27-23;1-11-7-9-13(10-8-11)12-5-3-2-4-6-12;1-3-4-2;1-2/h3-15,27-28H,1-2H3;2-10H,1H3;3-4H,1-2H3;1-2H3/b12-11-,18-15-,24-17-;;4-3-;. The maximum Gasteiger partial charge on any atom is 0.0476 e. The Morgan fingerprint density at radius 1 is 0.604 bits per heavy atom. The van der Waals surface area contributed by atoms with Crippen LogP contribution in [-0.4, -0.2) is 4.98 Å². The lowest BCUT2D eigenvalue weighted by molar-refractivity contribution is 1.35. The highest BCUT2D eigenvalue weighted by Crippen LogP contribution is 2.46. The molecular weight excluding hydrogens is 619 g/mol. The highest BCUT2D eigenvalue weighted by atomic mass is 32.2. The second-order valence-corrected chi connectivity index (χ2v) is 12.6. The summed E-state index contributed by atoms with van der Waals surface area (Å²) >= 11 is 6.26. The molecule has 6 aromatic rings. The minimum absolute atomic E-state index is 1.13. The number of rotatable bonds is 2. The maximum atomic E-state index is 4.47. The van der Waals surface area contributed by atoms with Crippen LogP contribution in [0, 0.1) is 13.8 Å². The predicted molar refractivity (Wildman–Crippen MR) is 219 cm³/mol. The number of hydrogen-bond acceptors (Lipinski definition) is 2. The molecule has 0 amide bonds. The summed E-state index contributed by atoms with van der Waals surface area (Å²) < 4.78 is 0. The van der Waals surface area contributed by atoms with Crippen molar-refractivity contribution in [3.8, 4) is 11.1 Å². The van der Waals surface area contributed by atoms with Crippen molar-refractivity contribution in [1.82, 2.24) is 4.98 Å². The summed E-state index contributed by atoms with van der Waals surface area (Å²) in [6.45, 7) is 14.5. The first kappa shape index (κ1) is 36.4. The Balaban J connectivity index is 0.000000227. The van der Waals surface area contributed by atoms with Crippen molar-refractivity contribution in [2.75, 3.05) is 0 Å². The van der Waals surface area contributed by atoms with E-state index < -0.39 is 0 Å². The average Bonchev–Trinajstić information content (AvgIpc) is 3.52. The van der Waals surface area contributed by atoms with Gasteiger partial charge >= 0.3 is 0 Å². The van der Waals surface area contributed by atoms with E-state index in [0.29, 0.717) is 0 Å². The van der Waals surface area contributed by atoms with Crippen LogP contribution in [0.25, 0.3) is 38.5 Å². The van der Waals surface area contributed by atoms with Crippen molar-refractivity contribution < 1.29 is 0 Å². The van der Waals surface area contributed by atoms with Crippen LogP contribution < -0.4 is 0 Å². The first-order valence-corrected chi connectivity index (χ1v) is 18.0. The first-order valence-electron chi connectivity index (χ1n) is 16.7. The molecular formula is C45H47NS2. The number of fused-ring (bicyclic) bond motifs is 5. The predicted octanol–water partition coefficient (Wildman–Crippen LogP) is 14.2. The lowest BCUT2D eigenvalue weighted by Crippen LogP contribution is -1.98. The van der Waals surface area contributed by atoms with Crippen molar-refractivity contribution >= 4 is 51.8 Å². The monoisotopic (exact) mass is 665 g/mol. The van der Waals surface area contributed by atoms with Crippen LogP contribution in [0.5, 0.6) is 0 Å². The van der Waals surface area contributed by atoms with Crippen molar-refractivity contribution in [2.24, 2.45) is 0 Å². The molecule has 0 unspecified atom stereocenters. The first-order chi connectivity index (χ1) is 23.4. The molecule has 0 spiro atoms. The van der Waals surface area contributed by atoms with E-state index in [-0.39, 0.29) is 0 Å². The number of thioether (sulfide) groups is 1. The Bertz CT molecular complexity index is 2050. The second-order valence-electron chi connectivity index (χ2n) is 11.3. The number of para-hydroxylation sites is 1. The number of aromatic amines is 1. The fraction of sp³-hybridized carbons (Fsp3) is 0.156. The van der Waals surface area contributed by atoms with E-state index in [1.807, 2.05) is 51.3 Å². The number of H-pyrrole nitrogens is 1. The van der Waals surface area contributed by atoms with Gasteiger partial charge in [0.2, 0.25) is 0 Å². The van der Waals surface area contributed by atoms with E-state index >= 15 is 0 Å². The van der Waals surface area contributed by atoms with Gasteiger partial charge < -0.3 is 4.98 Å². The molecule has 0 radical (unpaired) electrons. The largest absolute Gasteiger partial charge is 0.354 e. The van der Waals surface area contributed by atoms with Crippen LogP contribution in [0.15, 0.2) is 160 Å². The van der Waals surface area contributed by atoms with Gasteiger partial charge in [0.05, 0.1) is 0 Å². The maximum absolute atomic E-state index is 4.47. The van der Waals surface area contributed by atoms with Gasteiger partial charge in [0.25, 0.3) is 0 Å². The van der Waals surface area contributed by atoms with Crippen LogP contribution in [0.1, 0.15) is 56.9 Å². The molecule has 2 heterocycles. The Morgan fingerprint density at radius 2 is 1.23 bits per heavy atom. The molecule has 1 nitrogen and oxygen atoms in total. The van der Waals surface area contributed by atoms with Crippen molar-refractivity contribution in [3.63, 3.8) is 0 Å². The highest BCUT2D eigenvalue weighted by molar-refractivity contribution is 8.04. The fourth-order valence-electron chi connectivity index (χ4n) is 5.52. The highest BCUT2D eigenvalue weighted by Gasteiger charge is 2.21. The summed E-state index contributed by atoms with van der Waals surface area (Å²) in [7, 11) is 0. The topological polar surface area (TPSA) is 15.8 Å². The summed E-state index contributed by atoms with van der Waals surface area (Å²) in [4.78, 5) is 6.00. The second kappa shape index (κ2) is 18.2. The molecule has 244 valence electrons. The number of aryl methyl sites for hydroxylation is 2. The number of aromatic nitrogens is 1. The molecule has 7 rings (SSSR count). The van der Waals surface area contributed by atoms with Gasteiger partial charge in [-0.3, -0.25) is 0 Å². The lowest BCUT2D eigenvalue weighted by Gasteiger charge is -2.20. The number of hydrogen-bond donors (Lipinski definition) is 2. The summed E-state index contributed by atoms with van der Waals surface area (Å²) in [6, 6.07) is 40.7. The number of thiol groups is 1. The third-order valence-corrected chi connectivity index (χ3v) is 9.61. The fourth-order valence-corrected chi connectivity index (χ4v) is 6.79. The molecule has 3 heteroatoms. The zero-order valence-corrected chi connectivity index (χ0v) is 30.9. The third kappa shape index (κ3) is 8.72. The molecule has 0 aliphatic carbocycles. The van der Waals surface area contributed by atoms with E-state index in [4.69, 9.17) is 0 Å². The molecule has 1 aromatic heterocycles. The van der Waals surface area contributed by atoms with Crippen LogP contribution in [0.4, 0.5) is 0 Å². The van der Waals surface area contributed by atoms with E-state index in [9.17, 15) is 0 Å². The van der Waals surface area contributed by atoms with Gasteiger partial charge in [-0.15, -0.1) is 0 Å². The normalized spacial score (nSPS) is 15.3. The lowest BCUT2D eigenvalue weighted by atomic mass is 9.89. The molecule has 0 atom stereocenters. The van der Waals surface area contributed by atoms with Crippen LogP contribution in [0.3, 0.4) is 0 Å².